The van der Waals surface area contributed by atoms with Gasteiger partial charge >= 0.3 is 0 Å². The normalized spacial score (nSPS) is 13.9. The third kappa shape index (κ3) is 3.87. The van der Waals surface area contributed by atoms with Gasteiger partial charge in [-0.3, -0.25) is 5.32 Å². The highest BCUT2D eigenvalue weighted by atomic mass is 15.0. The summed E-state index contributed by atoms with van der Waals surface area (Å²) in [6.07, 6.45) is 7.61. The molecule has 18 heavy (non-hydrogen) atoms. The summed E-state index contributed by atoms with van der Waals surface area (Å²) in [5.74, 6) is 2.80. The lowest BCUT2D eigenvalue weighted by Crippen LogP contribution is -2.36. The van der Waals surface area contributed by atoms with Gasteiger partial charge < -0.3 is 5.73 Å². The largest absolute Gasteiger partial charge is 0.329 e. The van der Waals surface area contributed by atoms with Crippen molar-refractivity contribution in [2.24, 2.45) is 5.73 Å². The highest BCUT2D eigenvalue weighted by Gasteiger charge is 2.15. The summed E-state index contributed by atoms with van der Waals surface area (Å²) in [7, 11) is 0. The molecule has 3 N–H and O–H groups in total. The van der Waals surface area contributed by atoms with Crippen LogP contribution in [0.1, 0.15) is 42.5 Å². The Morgan fingerprint density at radius 3 is 2.61 bits per heavy atom. The number of hydrogen-bond acceptors (Lipinski definition) is 2. The molecular formula is C16H24N2. The van der Waals surface area contributed by atoms with E-state index in [1.54, 1.807) is 0 Å². The van der Waals surface area contributed by atoms with Crippen molar-refractivity contribution in [1.29, 1.82) is 0 Å². The van der Waals surface area contributed by atoms with Crippen LogP contribution in [0.15, 0.2) is 18.2 Å². The van der Waals surface area contributed by atoms with Crippen molar-refractivity contribution in [2.45, 2.75) is 45.7 Å². The van der Waals surface area contributed by atoms with Gasteiger partial charge in [0.2, 0.25) is 0 Å². The third-order valence-corrected chi connectivity index (χ3v) is 3.22. The van der Waals surface area contributed by atoms with E-state index < -0.39 is 0 Å². The van der Waals surface area contributed by atoms with E-state index >= 15 is 0 Å². The van der Waals surface area contributed by atoms with Crippen LogP contribution in [0.2, 0.25) is 0 Å². The number of benzene rings is 1. The van der Waals surface area contributed by atoms with E-state index in [9.17, 15) is 0 Å². The molecule has 0 aliphatic rings. The molecule has 98 valence electrons. The molecule has 1 aromatic carbocycles. The highest BCUT2D eigenvalue weighted by Crippen LogP contribution is 2.19. The zero-order valence-electron chi connectivity index (χ0n) is 11.7. The van der Waals surface area contributed by atoms with E-state index in [0.29, 0.717) is 6.54 Å². The van der Waals surface area contributed by atoms with Gasteiger partial charge in [0, 0.05) is 12.6 Å². The molecule has 2 unspecified atom stereocenters. The van der Waals surface area contributed by atoms with Crippen LogP contribution in [-0.4, -0.2) is 12.6 Å². The lowest BCUT2D eigenvalue weighted by Gasteiger charge is -2.23. The monoisotopic (exact) mass is 244 g/mol. The van der Waals surface area contributed by atoms with Gasteiger partial charge in [0.25, 0.3) is 0 Å². The number of aryl methyl sites for hydroxylation is 2. The summed E-state index contributed by atoms with van der Waals surface area (Å²) in [6, 6.07) is 6.69. The lowest BCUT2D eigenvalue weighted by atomic mass is 9.98. The molecular weight excluding hydrogens is 220 g/mol. The molecule has 1 rings (SSSR count). The fourth-order valence-electron chi connectivity index (χ4n) is 2.25. The first-order valence-corrected chi connectivity index (χ1v) is 6.61. The van der Waals surface area contributed by atoms with Gasteiger partial charge in [0.1, 0.15) is 0 Å². The van der Waals surface area contributed by atoms with Crippen molar-refractivity contribution in [1.82, 2.24) is 5.32 Å². The number of terminal acetylenes is 1. The van der Waals surface area contributed by atoms with Crippen molar-refractivity contribution >= 4 is 0 Å². The maximum Gasteiger partial charge on any atom is 0.0692 e. The Labute approximate surface area is 111 Å². The summed E-state index contributed by atoms with van der Waals surface area (Å²) in [5, 5.41) is 3.47. The van der Waals surface area contributed by atoms with Gasteiger partial charge in [-0.15, -0.1) is 6.42 Å². The van der Waals surface area contributed by atoms with Crippen LogP contribution in [0.3, 0.4) is 0 Å². The molecule has 0 bridgehead atoms. The van der Waals surface area contributed by atoms with Gasteiger partial charge in [-0.2, -0.15) is 0 Å². The Morgan fingerprint density at radius 1 is 1.39 bits per heavy atom. The van der Waals surface area contributed by atoms with E-state index in [2.05, 4.69) is 50.2 Å². The first-order valence-electron chi connectivity index (χ1n) is 6.61. The molecule has 0 spiro atoms. The summed E-state index contributed by atoms with van der Waals surface area (Å²) in [4.78, 5) is 0. The Morgan fingerprint density at radius 2 is 2.11 bits per heavy atom. The van der Waals surface area contributed by atoms with E-state index in [1.807, 2.05) is 0 Å². The summed E-state index contributed by atoms with van der Waals surface area (Å²) in [6.45, 7) is 6.92. The Bertz CT molecular complexity index is 418. The highest BCUT2D eigenvalue weighted by molar-refractivity contribution is 5.33. The van der Waals surface area contributed by atoms with Crippen LogP contribution >= 0.6 is 0 Å². The quantitative estimate of drug-likeness (QED) is 0.755. The van der Waals surface area contributed by atoms with E-state index in [1.165, 1.54) is 16.7 Å². The predicted molar refractivity (Wildman–Crippen MR) is 78.4 cm³/mol. The summed E-state index contributed by atoms with van der Waals surface area (Å²) < 4.78 is 0. The van der Waals surface area contributed by atoms with Crippen molar-refractivity contribution in [3.8, 4) is 12.3 Å². The van der Waals surface area contributed by atoms with Crippen molar-refractivity contribution in [2.75, 3.05) is 6.54 Å². The first-order chi connectivity index (χ1) is 8.62. The molecule has 2 atom stereocenters. The van der Waals surface area contributed by atoms with Crippen LogP contribution < -0.4 is 11.1 Å². The maximum atomic E-state index is 5.88. The average molecular weight is 244 g/mol. The minimum absolute atomic E-state index is 0.101. The van der Waals surface area contributed by atoms with E-state index in [0.717, 1.165) is 12.8 Å². The van der Waals surface area contributed by atoms with Crippen molar-refractivity contribution < 1.29 is 0 Å². The second-order valence-corrected chi connectivity index (χ2v) is 4.82. The molecule has 0 aromatic heterocycles. The van der Waals surface area contributed by atoms with Gasteiger partial charge in [-0.1, -0.05) is 43.0 Å². The third-order valence-electron chi connectivity index (χ3n) is 3.22. The summed E-state index contributed by atoms with van der Waals surface area (Å²) in [5.41, 5.74) is 9.67. The smallest absolute Gasteiger partial charge is 0.0692 e. The number of hydrogen-bond donors (Lipinski definition) is 2. The zero-order chi connectivity index (χ0) is 13.5. The van der Waals surface area contributed by atoms with E-state index in [-0.39, 0.29) is 12.1 Å². The number of nitrogens with two attached hydrogens (primary N) is 1. The van der Waals surface area contributed by atoms with Gasteiger partial charge in [0.15, 0.2) is 0 Å². The topological polar surface area (TPSA) is 38.0 Å². The van der Waals surface area contributed by atoms with Crippen LogP contribution in [0.4, 0.5) is 0 Å². The minimum Gasteiger partial charge on any atom is -0.329 e. The lowest BCUT2D eigenvalue weighted by molar-refractivity contribution is 0.474. The molecule has 0 heterocycles. The van der Waals surface area contributed by atoms with Gasteiger partial charge in [-0.25, -0.2) is 0 Å². The van der Waals surface area contributed by atoms with Gasteiger partial charge in [-0.05, 0) is 31.4 Å². The molecule has 1 aromatic rings. The second-order valence-electron chi connectivity index (χ2n) is 4.82. The Kier molecular flexibility index (Phi) is 5.91. The van der Waals surface area contributed by atoms with Crippen molar-refractivity contribution in [3.05, 3.63) is 34.9 Å². The maximum absolute atomic E-state index is 5.88. The fraction of sp³-hybridized carbons (Fsp3) is 0.500. The minimum atomic E-state index is 0.101. The molecule has 2 nitrogen and oxygen atoms in total. The fourth-order valence-corrected chi connectivity index (χ4v) is 2.25. The molecule has 2 heteroatoms. The summed E-state index contributed by atoms with van der Waals surface area (Å²) >= 11 is 0. The Hall–Kier alpha value is -1.30. The first kappa shape index (κ1) is 14.8. The average Bonchev–Trinajstić information content (AvgIpc) is 2.35. The number of nitrogens with one attached hydrogen (secondary N) is 1. The SMILES string of the molecule is C#CC(CCC)NC(CN)c1ccc(C)cc1C. The zero-order valence-corrected chi connectivity index (χ0v) is 11.7. The van der Waals surface area contributed by atoms with Crippen LogP contribution in [0.5, 0.6) is 0 Å². The molecule has 0 saturated heterocycles. The standard InChI is InChI=1S/C16H24N2/c1-5-7-14(6-2)18-16(11-17)15-9-8-12(3)10-13(15)4/h2,8-10,14,16,18H,5,7,11,17H2,1,3-4H3. The predicted octanol–water partition coefficient (Wildman–Crippen LogP) is 2.69. The number of rotatable bonds is 6. The second kappa shape index (κ2) is 7.20. The molecule has 0 aliphatic carbocycles. The van der Waals surface area contributed by atoms with E-state index in [4.69, 9.17) is 12.2 Å². The molecule has 0 fully saturated rings. The Balaban J connectivity index is 2.86. The van der Waals surface area contributed by atoms with Crippen LogP contribution in [0, 0.1) is 26.2 Å². The molecule has 0 radical (unpaired) electrons. The van der Waals surface area contributed by atoms with Gasteiger partial charge in [0.05, 0.1) is 6.04 Å². The molecule has 0 aliphatic heterocycles. The van der Waals surface area contributed by atoms with Crippen LogP contribution in [-0.2, 0) is 0 Å². The van der Waals surface area contributed by atoms with Crippen LogP contribution in [0.25, 0.3) is 0 Å². The van der Waals surface area contributed by atoms with Crippen molar-refractivity contribution in [3.63, 3.8) is 0 Å². The molecule has 0 saturated carbocycles. The molecule has 0 amide bonds.